The minimum absolute atomic E-state index is 0.0240. The summed E-state index contributed by atoms with van der Waals surface area (Å²) in [5, 5.41) is 0. The second-order valence-corrected chi connectivity index (χ2v) is 2.44. The van der Waals surface area contributed by atoms with Crippen molar-refractivity contribution in [1.29, 1.82) is 0 Å². The Kier molecular flexibility index (Phi) is 6.18. The smallest absolute Gasteiger partial charge is 0.419 e. The predicted molar refractivity (Wildman–Crippen MR) is 37.1 cm³/mol. The predicted octanol–water partition coefficient (Wildman–Crippen LogP) is 1.09. The number of carbonyl (C=O) groups excluding carboxylic acids is 1. The first-order valence-electron chi connectivity index (χ1n) is 3.34. The summed E-state index contributed by atoms with van der Waals surface area (Å²) in [5.41, 5.74) is 0. The normalized spacial score (nSPS) is 9.90. The average molecular weight is 145 g/mol. The first kappa shape index (κ1) is 9.43. The molecule has 0 atom stereocenters. The second-order valence-electron chi connectivity index (χ2n) is 2.44. The SMILES string of the molecule is CC(C)CCOCO[C]=O. The van der Waals surface area contributed by atoms with Gasteiger partial charge in [0, 0.05) is 0 Å². The largest absolute Gasteiger partial charge is 0.430 e. The van der Waals surface area contributed by atoms with E-state index < -0.39 is 0 Å². The molecule has 0 bridgehead atoms. The molecular weight excluding hydrogens is 132 g/mol. The van der Waals surface area contributed by atoms with Crippen molar-refractivity contribution in [1.82, 2.24) is 0 Å². The van der Waals surface area contributed by atoms with Crippen LogP contribution in [0, 0.1) is 5.92 Å². The van der Waals surface area contributed by atoms with Crippen LogP contribution in [0.15, 0.2) is 0 Å². The van der Waals surface area contributed by atoms with E-state index in [4.69, 9.17) is 4.74 Å². The first-order chi connectivity index (χ1) is 4.77. The fraction of sp³-hybridized carbons (Fsp3) is 0.857. The Morgan fingerprint density at radius 3 is 2.70 bits per heavy atom. The standard InChI is InChI=1S/C7H13O3/c1-7(2)3-4-9-6-10-5-8/h7H,3-4,6H2,1-2H3. The molecule has 0 aromatic carbocycles. The fourth-order valence-corrected chi connectivity index (χ4v) is 0.444. The molecule has 0 aliphatic heterocycles. The van der Waals surface area contributed by atoms with Crippen LogP contribution in [0.5, 0.6) is 0 Å². The average Bonchev–Trinajstić information content (AvgIpc) is 1.87. The summed E-state index contributed by atoms with van der Waals surface area (Å²) in [6.45, 7) is 6.16. The van der Waals surface area contributed by atoms with Gasteiger partial charge in [0.25, 0.3) is 0 Å². The van der Waals surface area contributed by atoms with E-state index in [0.717, 1.165) is 6.42 Å². The third kappa shape index (κ3) is 7.43. The molecule has 0 saturated heterocycles. The molecule has 0 unspecified atom stereocenters. The van der Waals surface area contributed by atoms with E-state index in [9.17, 15) is 4.79 Å². The molecule has 0 aliphatic rings. The summed E-state index contributed by atoms with van der Waals surface area (Å²) in [4.78, 5) is 9.47. The van der Waals surface area contributed by atoms with Crippen LogP contribution in [0.1, 0.15) is 20.3 Å². The number of ether oxygens (including phenoxy) is 2. The third-order valence-electron chi connectivity index (χ3n) is 1.04. The molecule has 0 aromatic rings. The lowest BCUT2D eigenvalue weighted by molar-refractivity contribution is 0.00174. The van der Waals surface area contributed by atoms with E-state index in [-0.39, 0.29) is 6.79 Å². The highest BCUT2D eigenvalue weighted by Gasteiger charge is 1.92. The maximum Gasteiger partial charge on any atom is 0.419 e. The lowest BCUT2D eigenvalue weighted by Crippen LogP contribution is -2.02. The lowest BCUT2D eigenvalue weighted by atomic mass is 10.1. The van der Waals surface area contributed by atoms with E-state index >= 15 is 0 Å². The van der Waals surface area contributed by atoms with Gasteiger partial charge in [-0.15, -0.1) is 0 Å². The van der Waals surface area contributed by atoms with Gasteiger partial charge in [0.2, 0.25) is 0 Å². The summed E-state index contributed by atoms with van der Waals surface area (Å²) in [6.07, 6.45) is 0.988. The summed E-state index contributed by atoms with van der Waals surface area (Å²) in [6, 6.07) is 0. The zero-order chi connectivity index (χ0) is 7.82. The van der Waals surface area contributed by atoms with Crippen molar-refractivity contribution in [2.24, 2.45) is 5.92 Å². The summed E-state index contributed by atoms with van der Waals surface area (Å²) >= 11 is 0. The van der Waals surface area contributed by atoms with Crippen molar-refractivity contribution in [2.75, 3.05) is 13.4 Å². The number of hydrogen-bond donors (Lipinski definition) is 0. The van der Waals surface area contributed by atoms with Gasteiger partial charge in [-0.1, -0.05) is 13.8 Å². The van der Waals surface area contributed by atoms with Crippen molar-refractivity contribution in [3.8, 4) is 0 Å². The Morgan fingerprint density at radius 2 is 2.20 bits per heavy atom. The summed E-state index contributed by atoms with van der Waals surface area (Å²) in [5.74, 6) is 0.625. The molecule has 0 saturated carbocycles. The lowest BCUT2D eigenvalue weighted by Gasteiger charge is -2.03. The van der Waals surface area contributed by atoms with Crippen LogP contribution in [0.3, 0.4) is 0 Å². The van der Waals surface area contributed by atoms with Crippen molar-refractivity contribution >= 4 is 6.47 Å². The van der Waals surface area contributed by atoms with Crippen LogP contribution in [0.25, 0.3) is 0 Å². The van der Waals surface area contributed by atoms with Crippen LogP contribution >= 0.6 is 0 Å². The van der Waals surface area contributed by atoms with Gasteiger partial charge in [-0.3, -0.25) is 0 Å². The van der Waals surface area contributed by atoms with Gasteiger partial charge in [-0.05, 0) is 12.3 Å². The van der Waals surface area contributed by atoms with Crippen LogP contribution in [-0.2, 0) is 14.3 Å². The molecule has 3 heteroatoms. The van der Waals surface area contributed by atoms with Crippen molar-refractivity contribution in [3.05, 3.63) is 0 Å². The van der Waals surface area contributed by atoms with E-state index in [1.807, 2.05) is 0 Å². The van der Waals surface area contributed by atoms with E-state index in [1.165, 1.54) is 6.47 Å². The minimum atomic E-state index is 0.0240. The molecule has 3 nitrogen and oxygen atoms in total. The van der Waals surface area contributed by atoms with Gasteiger partial charge >= 0.3 is 6.47 Å². The third-order valence-corrected chi connectivity index (χ3v) is 1.04. The van der Waals surface area contributed by atoms with Gasteiger partial charge < -0.3 is 9.47 Å². The zero-order valence-electron chi connectivity index (χ0n) is 6.42. The van der Waals surface area contributed by atoms with Crippen LogP contribution in [0.4, 0.5) is 0 Å². The number of rotatable bonds is 6. The Bertz CT molecular complexity index is 80.9. The molecule has 10 heavy (non-hydrogen) atoms. The van der Waals surface area contributed by atoms with Crippen LogP contribution < -0.4 is 0 Å². The molecule has 0 aliphatic carbocycles. The molecule has 0 amide bonds. The Morgan fingerprint density at radius 1 is 1.50 bits per heavy atom. The van der Waals surface area contributed by atoms with Crippen molar-refractivity contribution < 1.29 is 14.3 Å². The first-order valence-corrected chi connectivity index (χ1v) is 3.34. The summed E-state index contributed by atoms with van der Waals surface area (Å²) < 4.78 is 9.09. The van der Waals surface area contributed by atoms with Gasteiger partial charge in [0.1, 0.15) is 0 Å². The van der Waals surface area contributed by atoms with E-state index in [0.29, 0.717) is 12.5 Å². The molecule has 0 fully saturated rings. The second kappa shape index (κ2) is 6.55. The molecule has 0 aromatic heterocycles. The quantitative estimate of drug-likeness (QED) is 0.414. The molecule has 0 spiro atoms. The van der Waals surface area contributed by atoms with Gasteiger partial charge in [-0.25, -0.2) is 4.79 Å². The molecule has 0 N–H and O–H groups in total. The highest BCUT2D eigenvalue weighted by atomic mass is 16.7. The molecule has 0 rings (SSSR count). The van der Waals surface area contributed by atoms with Crippen LogP contribution in [0.2, 0.25) is 0 Å². The Hall–Kier alpha value is -0.570. The van der Waals surface area contributed by atoms with Crippen molar-refractivity contribution in [3.63, 3.8) is 0 Å². The zero-order valence-corrected chi connectivity index (χ0v) is 6.42. The highest BCUT2D eigenvalue weighted by Crippen LogP contribution is 1.98. The van der Waals surface area contributed by atoms with E-state index in [2.05, 4.69) is 18.6 Å². The maximum absolute atomic E-state index is 9.47. The highest BCUT2D eigenvalue weighted by molar-refractivity contribution is 5.37. The molecular formula is C7H13O3. The van der Waals surface area contributed by atoms with Crippen LogP contribution in [-0.4, -0.2) is 19.9 Å². The Labute approximate surface area is 61.3 Å². The molecule has 0 heterocycles. The monoisotopic (exact) mass is 145 g/mol. The van der Waals surface area contributed by atoms with Crippen molar-refractivity contribution in [2.45, 2.75) is 20.3 Å². The molecule has 1 radical (unpaired) electrons. The fourth-order valence-electron chi connectivity index (χ4n) is 0.444. The topological polar surface area (TPSA) is 35.5 Å². The van der Waals surface area contributed by atoms with Gasteiger partial charge in [0.05, 0.1) is 6.61 Å². The van der Waals surface area contributed by atoms with Gasteiger partial charge in [-0.2, -0.15) is 0 Å². The summed E-state index contributed by atoms with van der Waals surface area (Å²) in [7, 11) is 0. The Balaban J connectivity index is 2.83. The molecule has 59 valence electrons. The minimum Gasteiger partial charge on any atom is -0.430 e. The number of hydrogen-bond acceptors (Lipinski definition) is 3. The maximum atomic E-state index is 9.47. The van der Waals surface area contributed by atoms with Gasteiger partial charge in [0.15, 0.2) is 6.79 Å². The van der Waals surface area contributed by atoms with E-state index in [1.54, 1.807) is 0 Å².